The molecule has 0 aromatic carbocycles. The molecule has 5 nitrogen and oxygen atoms in total. The van der Waals surface area contributed by atoms with Gasteiger partial charge in [0.1, 0.15) is 0 Å². The van der Waals surface area contributed by atoms with E-state index in [9.17, 15) is 4.79 Å². The molecule has 0 spiro atoms. The minimum Gasteiger partial charge on any atom is -0.476 e. The average Bonchev–Trinajstić information content (AvgIpc) is 2.47. The summed E-state index contributed by atoms with van der Waals surface area (Å²) in [5.74, 6) is -1.05. The van der Waals surface area contributed by atoms with Crippen molar-refractivity contribution in [2.45, 2.75) is 32.7 Å². The molecule has 0 aliphatic rings. The lowest BCUT2D eigenvalue weighted by atomic mass is 9.90. The molecule has 1 N–H and O–H groups in total. The first-order valence-corrected chi connectivity index (χ1v) is 4.66. The second kappa shape index (κ2) is 3.84. The predicted molar refractivity (Wildman–Crippen MR) is 55.9 cm³/mol. The molecule has 15 heavy (non-hydrogen) atoms. The van der Waals surface area contributed by atoms with E-state index < -0.39 is 5.97 Å². The minimum atomic E-state index is -1.05. The molecular weight excluding hydrogens is 194 g/mol. The molecule has 0 aliphatic heterocycles. The van der Waals surface area contributed by atoms with Crippen LogP contribution in [-0.2, 0) is 12.0 Å². The first kappa shape index (κ1) is 11.4. The Balaban J connectivity index is 3.32. The van der Waals surface area contributed by atoms with E-state index in [2.05, 4.69) is 16.9 Å². The molecule has 0 bridgehead atoms. The van der Waals surface area contributed by atoms with Gasteiger partial charge >= 0.3 is 5.97 Å². The number of aromatic carboxylic acids is 1. The number of rotatable bonds is 3. The average molecular weight is 209 g/mol. The maximum absolute atomic E-state index is 10.9. The lowest BCUT2D eigenvalue weighted by Gasteiger charge is -2.19. The number of carbonyl (C=O) groups is 1. The third kappa shape index (κ3) is 2.23. The van der Waals surface area contributed by atoms with Crippen LogP contribution in [-0.4, -0.2) is 26.1 Å². The van der Waals surface area contributed by atoms with Crippen LogP contribution in [0.5, 0.6) is 0 Å². The topological polar surface area (TPSA) is 68.0 Å². The SMILES string of the molecule is C=CCn1nnc(C(=O)O)c1C(C)(C)C. The van der Waals surface area contributed by atoms with Crippen molar-refractivity contribution in [3.05, 3.63) is 24.0 Å². The van der Waals surface area contributed by atoms with Crippen molar-refractivity contribution in [2.24, 2.45) is 0 Å². The third-order valence-electron chi connectivity index (χ3n) is 1.95. The number of carboxylic acids is 1. The Morgan fingerprint density at radius 1 is 1.60 bits per heavy atom. The van der Waals surface area contributed by atoms with Gasteiger partial charge in [-0.15, -0.1) is 11.7 Å². The minimum absolute atomic E-state index is 0.0179. The van der Waals surface area contributed by atoms with Crippen molar-refractivity contribution in [1.29, 1.82) is 0 Å². The predicted octanol–water partition coefficient (Wildman–Crippen LogP) is 1.46. The van der Waals surface area contributed by atoms with Crippen LogP contribution in [0.15, 0.2) is 12.7 Å². The van der Waals surface area contributed by atoms with Gasteiger partial charge in [0.2, 0.25) is 0 Å². The Labute approximate surface area is 88.4 Å². The van der Waals surface area contributed by atoms with Crippen LogP contribution >= 0.6 is 0 Å². The van der Waals surface area contributed by atoms with E-state index in [4.69, 9.17) is 5.11 Å². The van der Waals surface area contributed by atoms with E-state index >= 15 is 0 Å². The zero-order valence-electron chi connectivity index (χ0n) is 9.19. The van der Waals surface area contributed by atoms with Crippen LogP contribution in [0.4, 0.5) is 0 Å². The largest absolute Gasteiger partial charge is 0.476 e. The van der Waals surface area contributed by atoms with Gasteiger partial charge in [-0.3, -0.25) is 0 Å². The van der Waals surface area contributed by atoms with Crippen LogP contribution < -0.4 is 0 Å². The first-order valence-electron chi connectivity index (χ1n) is 4.66. The number of aromatic nitrogens is 3. The zero-order chi connectivity index (χ0) is 11.6. The first-order chi connectivity index (χ1) is 6.88. The molecular formula is C10H15N3O2. The smallest absolute Gasteiger partial charge is 0.358 e. The van der Waals surface area contributed by atoms with E-state index in [1.165, 1.54) is 0 Å². The molecule has 0 unspecified atom stereocenters. The van der Waals surface area contributed by atoms with Crippen molar-refractivity contribution in [3.63, 3.8) is 0 Å². The Hall–Kier alpha value is -1.65. The molecule has 0 saturated carbocycles. The Bertz CT molecular complexity index is 388. The number of allylic oxidation sites excluding steroid dienone is 1. The van der Waals surface area contributed by atoms with Crippen LogP contribution in [0.25, 0.3) is 0 Å². The molecule has 1 aromatic rings. The van der Waals surface area contributed by atoms with E-state index in [1.807, 2.05) is 20.8 Å². The molecule has 82 valence electrons. The summed E-state index contributed by atoms with van der Waals surface area (Å²) in [5.41, 5.74) is 0.333. The number of nitrogens with zero attached hydrogens (tertiary/aromatic N) is 3. The highest BCUT2D eigenvalue weighted by atomic mass is 16.4. The quantitative estimate of drug-likeness (QED) is 0.765. The lowest BCUT2D eigenvalue weighted by molar-refractivity contribution is 0.0687. The maximum atomic E-state index is 10.9. The van der Waals surface area contributed by atoms with Crippen LogP contribution in [0.1, 0.15) is 37.0 Å². The number of hydrogen-bond acceptors (Lipinski definition) is 3. The monoisotopic (exact) mass is 209 g/mol. The fourth-order valence-electron chi connectivity index (χ4n) is 1.45. The molecule has 5 heteroatoms. The van der Waals surface area contributed by atoms with Gasteiger partial charge < -0.3 is 5.11 Å². The normalized spacial score (nSPS) is 11.4. The van der Waals surface area contributed by atoms with Crippen LogP contribution in [0.3, 0.4) is 0 Å². The van der Waals surface area contributed by atoms with Crippen molar-refractivity contribution in [2.75, 3.05) is 0 Å². The Morgan fingerprint density at radius 2 is 2.20 bits per heavy atom. The number of carboxylic acid groups (broad SMARTS) is 1. The van der Waals surface area contributed by atoms with Crippen molar-refractivity contribution in [1.82, 2.24) is 15.0 Å². The lowest BCUT2D eigenvalue weighted by Crippen LogP contribution is -2.21. The van der Waals surface area contributed by atoms with E-state index in [1.54, 1.807) is 10.8 Å². The van der Waals surface area contributed by atoms with Gasteiger partial charge in [-0.05, 0) is 0 Å². The third-order valence-corrected chi connectivity index (χ3v) is 1.95. The van der Waals surface area contributed by atoms with E-state index in [0.717, 1.165) is 0 Å². The van der Waals surface area contributed by atoms with Gasteiger partial charge in [-0.25, -0.2) is 9.48 Å². The zero-order valence-corrected chi connectivity index (χ0v) is 9.19. The molecule has 0 amide bonds. The van der Waals surface area contributed by atoms with E-state index in [0.29, 0.717) is 12.2 Å². The van der Waals surface area contributed by atoms with Crippen molar-refractivity contribution >= 4 is 5.97 Å². The second-order valence-corrected chi connectivity index (χ2v) is 4.31. The highest BCUT2D eigenvalue weighted by Crippen LogP contribution is 2.24. The summed E-state index contributed by atoms with van der Waals surface area (Å²) in [6.07, 6.45) is 1.66. The molecule has 0 atom stereocenters. The summed E-state index contributed by atoms with van der Waals surface area (Å²) >= 11 is 0. The Kier molecular flexibility index (Phi) is 2.93. The van der Waals surface area contributed by atoms with Crippen molar-refractivity contribution in [3.8, 4) is 0 Å². The summed E-state index contributed by atoms with van der Waals surface area (Å²) in [6, 6.07) is 0. The standard InChI is InChI=1S/C10H15N3O2/c1-5-6-13-8(10(2,3)4)7(9(14)15)11-12-13/h5H,1,6H2,2-4H3,(H,14,15). The van der Waals surface area contributed by atoms with Gasteiger partial charge in [0.25, 0.3) is 0 Å². The van der Waals surface area contributed by atoms with Gasteiger partial charge in [0, 0.05) is 5.41 Å². The Morgan fingerprint density at radius 3 is 2.60 bits per heavy atom. The fourth-order valence-corrected chi connectivity index (χ4v) is 1.45. The number of hydrogen-bond donors (Lipinski definition) is 1. The molecule has 0 saturated heterocycles. The molecule has 0 radical (unpaired) electrons. The highest BCUT2D eigenvalue weighted by Gasteiger charge is 2.28. The van der Waals surface area contributed by atoms with E-state index in [-0.39, 0.29) is 11.1 Å². The second-order valence-electron chi connectivity index (χ2n) is 4.31. The van der Waals surface area contributed by atoms with Crippen LogP contribution in [0, 0.1) is 0 Å². The summed E-state index contributed by atoms with van der Waals surface area (Å²) in [6.45, 7) is 9.85. The van der Waals surface area contributed by atoms with Gasteiger partial charge in [-0.1, -0.05) is 32.1 Å². The highest BCUT2D eigenvalue weighted by molar-refractivity contribution is 5.86. The molecule has 1 rings (SSSR count). The molecule has 0 aliphatic carbocycles. The molecule has 0 fully saturated rings. The summed E-state index contributed by atoms with van der Waals surface area (Å²) in [5, 5.41) is 16.4. The van der Waals surface area contributed by atoms with Gasteiger partial charge in [-0.2, -0.15) is 0 Å². The summed E-state index contributed by atoms with van der Waals surface area (Å²) in [7, 11) is 0. The molecule has 1 heterocycles. The summed E-state index contributed by atoms with van der Waals surface area (Å²) in [4.78, 5) is 10.9. The maximum Gasteiger partial charge on any atom is 0.358 e. The fraction of sp³-hybridized carbons (Fsp3) is 0.500. The summed E-state index contributed by atoms with van der Waals surface area (Å²) < 4.78 is 1.57. The molecule has 1 aromatic heterocycles. The van der Waals surface area contributed by atoms with Crippen molar-refractivity contribution < 1.29 is 9.90 Å². The van der Waals surface area contributed by atoms with Gasteiger partial charge in [0.05, 0.1) is 12.2 Å². The van der Waals surface area contributed by atoms with Gasteiger partial charge in [0.15, 0.2) is 5.69 Å². The van der Waals surface area contributed by atoms with Crippen LogP contribution in [0.2, 0.25) is 0 Å².